The van der Waals surface area contributed by atoms with Crippen molar-refractivity contribution < 1.29 is 32.1 Å². The fourth-order valence-electron chi connectivity index (χ4n) is 5.98. The van der Waals surface area contributed by atoms with Crippen LogP contribution in [0.1, 0.15) is 41.1 Å². The van der Waals surface area contributed by atoms with E-state index in [1.165, 1.54) is 6.92 Å². The molecule has 3 N–H and O–H groups in total. The van der Waals surface area contributed by atoms with E-state index in [4.69, 9.17) is 15.2 Å². The fourth-order valence-corrected chi connectivity index (χ4v) is 5.98. The number of alkyl halides is 3. The first-order chi connectivity index (χ1) is 19.0. The Morgan fingerprint density at radius 3 is 2.52 bits per heavy atom. The lowest BCUT2D eigenvalue weighted by Gasteiger charge is -2.26. The number of anilines is 1. The molecule has 3 aliphatic rings. The van der Waals surface area contributed by atoms with Crippen LogP contribution in [0.25, 0.3) is 0 Å². The van der Waals surface area contributed by atoms with Crippen molar-refractivity contribution in [3.63, 3.8) is 0 Å². The number of carbonyl (C=O) groups excluding carboxylic acids is 3. The second-order valence-corrected chi connectivity index (χ2v) is 10.5. The minimum absolute atomic E-state index is 0.146. The topological polar surface area (TPSA) is 131 Å². The second kappa shape index (κ2) is 8.77. The lowest BCUT2D eigenvalue weighted by atomic mass is 9.79. The summed E-state index contributed by atoms with van der Waals surface area (Å²) in [6.45, 7) is 1.34. The number of benzene rings is 2. The van der Waals surface area contributed by atoms with Gasteiger partial charge in [0.1, 0.15) is 6.26 Å². The van der Waals surface area contributed by atoms with Crippen LogP contribution in [-0.2, 0) is 14.4 Å². The number of hydrogen-bond donors (Lipinski definition) is 2. The van der Waals surface area contributed by atoms with Crippen molar-refractivity contribution in [1.29, 1.82) is 0 Å². The number of aromatic nitrogens is 1. The summed E-state index contributed by atoms with van der Waals surface area (Å²) in [6, 6.07) is 16.1. The smallest absolute Gasteiger partial charge is 0.369 e. The highest BCUT2D eigenvalue weighted by molar-refractivity contribution is 6.21. The third kappa shape index (κ3) is 3.97. The second-order valence-electron chi connectivity index (χ2n) is 10.5. The van der Waals surface area contributed by atoms with Gasteiger partial charge in [-0.2, -0.15) is 13.2 Å². The van der Waals surface area contributed by atoms with Crippen LogP contribution in [0.3, 0.4) is 0 Å². The number of fused-ring (bicyclic) bond motifs is 1. The fraction of sp³-hybridized carbons (Fsp3) is 0.321. The van der Waals surface area contributed by atoms with Crippen molar-refractivity contribution in [3.8, 4) is 0 Å². The Morgan fingerprint density at radius 1 is 1.18 bits per heavy atom. The number of aryl methyl sites for hydroxylation is 1. The zero-order valence-corrected chi connectivity index (χ0v) is 21.2. The van der Waals surface area contributed by atoms with Gasteiger partial charge in [-0.15, -0.1) is 0 Å². The molecule has 6 rings (SSSR count). The first-order valence-corrected chi connectivity index (χ1v) is 12.6. The van der Waals surface area contributed by atoms with E-state index in [1.807, 2.05) is 30.3 Å². The zero-order chi connectivity index (χ0) is 28.4. The predicted octanol–water partition coefficient (Wildman–Crippen LogP) is 3.54. The van der Waals surface area contributed by atoms with Crippen LogP contribution in [0.2, 0.25) is 0 Å². The van der Waals surface area contributed by atoms with E-state index >= 15 is 0 Å². The lowest BCUT2D eigenvalue weighted by molar-refractivity contribution is -0.148. The van der Waals surface area contributed by atoms with Crippen molar-refractivity contribution in [1.82, 2.24) is 10.1 Å². The SMILES string of the molecule is Cc1nocc1[C@H](C(N)=O)C1(C(=O)N2CC23N=C(c2ccccc2)c2ccccc2NC3=O)C[C@H]1CC(F)(F)F. The van der Waals surface area contributed by atoms with Crippen LogP contribution >= 0.6 is 0 Å². The maximum Gasteiger partial charge on any atom is 0.389 e. The number of nitrogens with zero attached hydrogens (tertiary/aromatic N) is 3. The molecule has 2 unspecified atom stereocenters. The van der Waals surface area contributed by atoms with Crippen molar-refractivity contribution in [2.45, 2.75) is 37.5 Å². The molecule has 1 saturated carbocycles. The number of nitrogens with two attached hydrogens (primary N) is 1. The number of para-hydroxylation sites is 1. The maximum atomic E-state index is 14.2. The molecule has 2 aliphatic heterocycles. The largest absolute Gasteiger partial charge is 0.389 e. The molecule has 1 saturated heterocycles. The van der Waals surface area contributed by atoms with E-state index in [9.17, 15) is 27.6 Å². The molecule has 3 amide bonds. The van der Waals surface area contributed by atoms with Gasteiger partial charge in [-0.3, -0.25) is 14.4 Å². The van der Waals surface area contributed by atoms with Gasteiger partial charge in [0.2, 0.25) is 17.5 Å². The Bertz CT molecular complexity index is 1570. The minimum atomic E-state index is -4.59. The van der Waals surface area contributed by atoms with E-state index in [-0.39, 0.29) is 24.2 Å². The highest BCUT2D eigenvalue weighted by Gasteiger charge is 2.74. The molecule has 12 heteroatoms. The Labute approximate surface area is 226 Å². The Kier molecular flexibility index (Phi) is 5.65. The van der Waals surface area contributed by atoms with Gasteiger partial charge in [0.05, 0.1) is 35.0 Å². The van der Waals surface area contributed by atoms with Gasteiger partial charge in [-0.25, -0.2) is 4.99 Å². The summed E-state index contributed by atoms with van der Waals surface area (Å²) in [7, 11) is 0. The van der Waals surface area contributed by atoms with E-state index in [0.29, 0.717) is 22.5 Å². The normalized spacial score (nSPS) is 25.9. The molecule has 1 spiro atoms. The highest BCUT2D eigenvalue weighted by Crippen LogP contribution is 2.66. The monoisotopic (exact) mass is 551 g/mol. The van der Waals surface area contributed by atoms with E-state index in [0.717, 1.165) is 11.2 Å². The molecule has 3 aromatic rings. The van der Waals surface area contributed by atoms with Gasteiger partial charge in [-0.05, 0) is 25.3 Å². The summed E-state index contributed by atoms with van der Waals surface area (Å²) >= 11 is 0. The molecule has 9 nitrogen and oxygen atoms in total. The molecule has 1 aromatic heterocycles. The molecule has 2 fully saturated rings. The van der Waals surface area contributed by atoms with Crippen molar-refractivity contribution in [2.75, 3.05) is 11.9 Å². The molecule has 1 aliphatic carbocycles. The highest BCUT2D eigenvalue weighted by atomic mass is 19.4. The Hall–Kier alpha value is -4.48. The molecule has 4 atom stereocenters. The summed E-state index contributed by atoms with van der Waals surface area (Å²) in [4.78, 5) is 46.5. The Balaban J connectivity index is 1.44. The summed E-state index contributed by atoms with van der Waals surface area (Å²) in [6.07, 6.45) is -4.99. The van der Waals surface area contributed by atoms with Crippen LogP contribution in [0.15, 0.2) is 70.4 Å². The molecule has 40 heavy (non-hydrogen) atoms. The zero-order valence-electron chi connectivity index (χ0n) is 21.2. The van der Waals surface area contributed by atoms with Crippen LogP contribution in [0.4, 0.5) is 18.9 Å². The van der Waals surface area contributed by atoms with Crippen molar-refractivity contribution in [2.24, 2.45) is 22.1 Å². The average Bonchev–Trinajstić information content (AvgIpc) is 3.77. The minimum Gasteiger partial charge on any atom is -0.369 e. The number of primary amides is 1. The summed E-state index contributed by atoms with van der Waals surface area (Å²) < 4.78 is 45.6. The number of aliphatic imine (C=N–C) groups is 1. The number of amides is 3. The average molecular weight is 552 g/mol. The van der Waals surface area contributed by atoms with Gasteiger partial charge in [0.15, 0.2) is 0 Å². The molecule has 0 bridgehead atoms. The van der Waals surface area contributed by atoms with Crippen LogP contribution in [0.5, 0.6) is 0 Å². The van der Waals surface area contributed by atoms with Gasteiger partial charge < -0.3 is 20.5 Å². The third-order valence-electron chi connectivity index (χ3n) is 8.03. The molecular formula is C28H24F3N5O4. The van der Waals surface area contributed by atoms with Crippen LogP contribution in [0, 0.1) is 18.3 Å². The summed E-state index contributed by atoms with van der Waals surface area (Å²) in [5.74, 6) is -5.03. The van der Waals surface area contributed by atoms with Gasteiger partial charge in [-0.1, -0.05) is 53.7 Å². The van der Waals surface area contributed by atoms with Gasteiger partial charge in [0, 0.05) is 23.1 Å². The van der Waals surface area contributed by atoms with Gasteiger partial charge in [0.25, 0.3) is 5.91 Å². The van der Waals surface area contributed by atoms with Crippen molar-refractivity contribution >= 4 is 29.1 Å². The van der Waals surface area contributed by atoms with Gasteiger partial charge >= 0.3 is 6.18 Å². The van der Waals surface area contributed by atoms with Crippen LogP contribution in [-0.4, -0.2) is 51.9 Å². The van der Waals surface area contributed by atoms with E-state index in [2.05, 4.69) is 10.5 Å². The molecule has 206 valence electrons. The number of halogens is 3. The van der Waals surface area contributed by atoms with E-state index < -0.39 is 53.2 Å². The maximum absolute atomic E-state index is 14.2. The molecule has 2 aromatic carbocycles. The lowest BCUT2D eigenvalue weighted by Crippen LogP contribution is -2.43. The summed E-state index contributed by atoms with van der Waals surface area (Å²) in [5, 5.41) is 6.56. The quantitative estimate of drug-likeness (QED) is 0.453. The number of hydrogen-bond acceptors (Lipinski definition) is 6. The third-order valence-corrected chi connectivity index (χ3v) is 8.03. The van der Waals surface area contributed by atoms with Crippen LogP contribution < -0.4 is 11.1 Å². The summed E-state index contributed by atoms with van der Waals surface area (Å²) in [5.41, 5.74) is 4.82. The molecule has 3 heterocycles. The number of rotatable bonds is 6. The first-order valence-electron chi connectivity index (χ1n) is 12.6. The number of nitrogens with one attached hydrogen (secondary N) is 1. The number of carbonyl (C=O) groups is 3. The first kappa shape index (κ1) is 25.8. The Morgan fingerprint density at radius 2 is 1.88 bits per heavy atom. The van der Waals surface area contributed by atoms with E-state index in [1.54, 1.807) is 24.3 Å². The molecule has 0 radical (unpaired) electrons. The predicted molar refractivity (Wildman–Crippen MR) is 136 cm³/mol. The standard InChI is InChI=1S/C28H24F3N5O4/c1-15-19(13-40-35-15)21(23(32)37)26(11-17(26)12-28(29,30)31)25(39)36-14-27(36)24(38)33-20-10-6-5-9-18(20)22(34-27)16-7-3-2-4-8-16/h2-10,13,17,21H,11-12,14H2,1H3,(H2,32,37)(H,33,38)/t17-,21+,26?,27?,36?/m0/s1. The molecular weight excluding hydrogens is 527 g/mol. The van der Waals surface area contributed by atoms with Crippen molar-refractivity contribution in [3.05, 3.63) is 83.2 Å².